The highest BCUT2D eigenvalue weighted by atomic mass is 79.9. The Morgan fingerprint density at radius 1 is 1.35 bits per heavy atom. The number of hydrogen-bond donors (Lipinski definition) is 0. The van der Waals surface area contributed by atoms with Gasteiger partial charge in [-0.2, -0.15) is 4.98 Å². The van der Waals surface area contributed by atoms with Crippen LogP contribution in [0, 0.1) is 6.92 Å². The van der Waals surface area contributed by atoms with Gasteiger partial charge in [-0.1, -0.05) is 0 Å². The molecule has 0 aromatic carbocycles. The van der Waals surface area contributed by atoms with Crippen molar-refractivity contribution in [1.82, 2.24) is 15.0 Å². The summed E-state index contributed by atoms with van der Waals surface area (Å²) in [4.78, 5) is 12.3. The standard InChI is InChI=1S/C11H9BrClN3O/c1-7-8(3-13)4-15-11(16-7)17-10-2-9(12)5-14-6-10/h2,4-6H,3H2,1H3. The zero-order valence-corrected chi connectivity index (χ0v) is 11.4. The van der Waals surface area contributed by atoms with E-state index in [-0.39, 0.29) is 6.01 Å². The number of rotatable bonds is 3. The van der Waals surface area contributed by atoms with E-state index in [0.717, 1.165) is 15.7 Å². The molecule has 0 aliphatic rings. The van der Waals surface area contributed by atoms with Gasteiger partial charge in [-0.15, -0.1) is 11.6 Å². The third-order valence-electron chi connectivity index (χ3n) is 2.09. The van der Waals surface area contributed by atoms with Gasteiger partial charge in [0, 0.05) is 28.1 Å². The van der Waals surface area contributed by atoms with E-state index in [1.54, 1.807) is 24.7 Å². The zero-order valence-electron chi connectivity index (χ0n) is 9.02. The Morgan fingerprint density at radius 3 is 2.82 bits per heavy atom. The smallest absolute Gasteiger partial charge is 0.322 e. The highest BCUT2D eigenvalue weighted by molar-refractivity contribution is 9.10. The molecule has 0 unspecified atom stereocenters. The molecule has 0 fully saturated rings. The minimum atomic E-state index is 0.288. The van der Waals surface area contributed by atoms with Gasteiger partial charge >= 0.3 is 6.01 Å². The second kappa shape index (κ2) is 5.42. The highest BCUT2D eigenvalue weighted by Crippen LogP contribution is 2.21. The van der Waals surface area contributed by atoms with E-state index in [0.29, 0.717) is 11.6 Å². The van der Waals surface area contributed by atoms with Gasteiger partial charge in [0.1, 0.15) is 0 Å². The van der Waals surface area contributed by atoms with Crippen molar-refractivity contribution in [2.45, 2.75) is 12.8 Å². The molecule has 0 amide bonds. The molecule has 17 heavy (non-hydrogen) atoms. The van der Waals surface area contributed by atoms with Crippen LogP contribution >= 0.6 is 27.5 Å². The molecule has 0 aliphatic heterocycles. The van der Waals surface area contributed by atoms with E-state index >= 15 is 0 Å². The van der Waals surface area contributed by atoms with Crippen LogP contribution in [0.2, 0.25) is 0 Å². The number of halogens is 2. The maximum atomic E-state index is 5.73. The van der Waals surface area contributed by atoms with E-state index in [1.807, 2.05) is 6.92 Å². The maximum Gasteiger partial charge on any atom is 0.322 e. The van der Waals surface area contributed by atoms with Crippen molar-refractivity contribution in [1.29, 1.82) is 0 Å². The fourth-order valence-electron chi connectivity index (χ4n) is 1.20. The lowest BCUT2D eigenvalue weighted by molar-refractivity contribution is 0.437. The quantitative estimate of drug-likeness (QED) is 0.814. The Labute approximate surface area is 112 Å². The first-order valence-corrected chi connectivity index (χ1v) is 6.18. The van der Waals surface area contributed by atoms with Crippen LogP contribution in [0.5, 0.6) is 11.8 Å². The first-order valence-electron chi connectivity index (χ1n) is 4.86. The van der Waals surface area contributed by atoms with Crippen LogP contribution in [0.3, 0.4) is 0 Å². The van der Waals surface area contributed by atoms with Crippen molar-refractivity contribution in [3.63, 3.8) is 0 Å². The maximum absolute atomic E-state index is 5.73. The summed E-state index contributed by atoms with van der Waals surface area (Å²) in [6, 6.07) is 2.08. The molecule has 2 aromatic rings. The fraction of sp³-hybridized carbons (Fsp3) is 0.182. The van der Waals surface area contributed by atoms with Crippen LogP contribution in [0.4, 0.5) is 0 Å². The normalized spacial score (nSPS) is 10.3. The lowest BCUT2D eigenvalue weighted by Crippen LogP contribution is -1.97. The zero-order chi connectivity index (χ0) is 12.3. The van der Waals surface area contributed by atoms with E-state index in [9.17, 15) is 0 Å². The molecule has 0 radical (unpaired) electrons. The van der Waals surface area contributed by atoms with Crippen molar-refractivity contribution >= 4 is 27.5 Å². The molecule has 0 N–H and O–H groups in total. The number of pyridine rings is 1. The largest absolute Gasteiger partial charge is 0.423 e. The van der Waals surface area contributed by atoms with Crippen molar-refractivity contribution in [2.24, 2.45) is 0 Å². The molecule has 2 aromatic heterocycles. The molecule has 0 aliphatic carbocycles. The van der Waals surface area contributed by atoms with Crippen LogP contribution in [-0.4, -0.2) is 15.0 Å². The number of ether oxygens (including phenoxy) is 1. The first kappa shape index (κ1) is 12.3. The van der Waals surface area contributed by atoms with Crippen molar-refractivity contribution in [3.05, 3.63) is 40.4 Å². The lowest BCUT2D eigenvalue weighted by atomic mass is 10.3. The molecule has 88 valence electrons. The van der Waals surface area contributed by atoms with Gasteiger partial charge in [0.25, 0.3) is 0 Å². The summed E-state index contributed by atoms with van der Waals surface area (Å²) in [5.41, 5.74) is 1.71. The Hall–Kier alpha value is -1.20. The average molecular weight is 315 g/mol. The molecule has 0 saturated carbocycles. The predicted molar refractivity (Wildman–Crippen MR) is 68.3 cm³/mol. The number of aromatic nitrogens is 3. The summed E-state index contributed by atoms with van der Waals surface area (Å²) >= 11 is 9.04. The highest BCUT2D eigenvalue weighted by Gasteiger charge is 2.05. The number of aryl methyl sites for hydroxylation is 1. The molecule has 0 bridgehead atoms. The van der Waals surface area contributed by atoms with Crippen LogP contribution < -0.4 is 4.74 Å². The fourth-order valence-corrected chi connectivity index (χ4v) is 1.81. The second-order valence-corrected chi connectivity index (χ2v) is 4.52. The summed E-state index contributed by atoms with van der Waals surface area (Å²) < 4.78 is 6.32. The van der Waals surface area contributed by atoms with E-state index in [1.165, 1.54) is 0 Å². The minimum absolute atomic E-state index is 0.288. The molecule has 2 rings (SSSR count). The van der Waals surface area contributed by atoms with Crippen molar-refractivity contribution in [3.8, 4) is 11.8 Å². The van der Waals surface area contributed by atoms with Gasteiger partial charge in [0.2, 0.25) is 0 Å². The predicted octanol–water partition coefficient (Wildman–Crippen LogP) is 3.47. The summed E-state index contributed by atoms with van der Waals surface area (Å²) in [6.45, 7) is 1.87. The van der Waals surface area contributed by atoms with Crippen molar-refractivity contribution < 1.29 is 4.74 Å². The minimum Gasteiger partial charge on any atom is -0.423 e. The van der Waals surface area contributed by atoms with E-state index < -0.39 is 0 Å². The van der Waals surface area contributed by atoms with E-state index in [4.69, 9.17) is 16.3 Å². The molecule has 6 heteroatoms. The van der Waals surface area contributed by atoms with Crippen molar-refractivity contribution in [2.75, 3.05) is 0 Å². The van der Waals surface area contributed by atoms with Crippen LogP contribution in [-0.2, 0) is 5.88 Å². The van der Waals surface area contributed by atoms with Crippen LogP contribution in [0.1, 0.15) is 11.3 Å². The first-order chi connectivity index (χ1) is 8.19. The van der Waals surface area contributed by atoms with Crippen LogP contribution in [0.25, 0.3) is 0 Å². The molecule has 4 nitrogen and oxygen atoms in total. The van der Waals surface area contributed by atoms with Gasteiger partial charge in [-0.05, 0) is 28.9 Å². The Kier molecular flexibility index (Phi) is 3.91. The molecular formula is C11H9BrClN3O. The summed E-state index contributed by atoms with van der Waals surface area (Å²) in [5.74, 6) is 0.974. The van der Waals surface area contributed by atoms with Gasteiger partial charge in [0.15, 0.2) is 5.75 Å². The monoisotopic (exact) mass is 313 g/mol. The summed E-state index contributed by atoms with van der Waals surface area (Å²) in [5, 5.41) is 0. The lowest BCUT2D eigenvalue weighted by Gasteiger charge is -2.05. The van der Waals surface area contributed by atoms with Gasteiger partial charge in [-0.3, -0.25) is 4.98 Å². The Bertz CT molecular complexity index is 536. The van der Waals surface area contributed by atoms with Crippen LogP contribution in [0.15, 0.2) is 29.1 Å². The Balaban J connectivity index is 2.22. The number of hydrogen-bond acceptors (Lipinski definition) is 4. The number of alkyl halides is 1. The van der Waals surface area contributed by atoms with Gasteiger partial charge < -0.3 is 4.74 Å². The SMILES string of the molecule is Cc1nc(Oc2cncc(Br)c2)ncc1CCl. The third kappa shape index (κ3) is 3.14. The second-order valence-electron chi connectivity index (χ2n) is 3.34. The third-order valence-corrected chi connectivity index (χ3v) is 2.81. The average Bonchev–Trinajstić information content (AvgIpc) is 2.29. The topological polar surface area (TPSA) is 47.9 Å². The summed E-state index contributed by atoms with van der Waals surface area (Å²) in [7, 11) is 0. The molecule has 0 atom stereocenters. The molecule has 0 saturated heterocycles. The number of nitrogens with zero attached hydrogens (tertiary/aromatic N) is 3. The molecular weight excluding hydrogens is 305 g/mol. The molecule has 2 heterocycles. The molecule has 0 spiro atoms. The van der Waals surface area contributed by atoms with Gasteiger partial charge in [-0.25, -0.2) is 4.98 Å². The summed E-state index contributed by atoms with van der Waals surface area (Å²) in [6.07, 6.45) is 4.94. The van der Waals surface area contributed by atoms with E-state index in [2.05, 4.69) is 30.9 Å². The van der Waals surface area contributed by atoms with Gasteiger partial charge in [0.05, 0.1) is 12.1 Å². The Morgan fingerprint density at radius 2 is 2.18 bits per heavy atom.